The Labute approximate surface area is 158 Å². The van der Waals surface area contributed by atoms with Crippen molar-refractivity contribution in [2.24, 2.45) is 0 Å². The molecule has 0 atom stereocenters. The number of nitrogens with one attached hydrogen (secondary N) is 1. The standard InChI is InChI=1S/C18H13ClFN3O2S/c1-25-15-8-6-11(10-14(15)20)7-9-16(24)21-18-23-22-17(26-18)12-4-2-3-5-13(12)19/h2-10H,1H3,(H,21,23,24)/b9-7+. The first-order valence-electron chi connectivity index (χ1n) is 7.48. The van der Waals surface area contributed by atoms with E-state index in [2.05, 4.69) is 15.5 Å². The number of carbonyl (C=O) groups is 1. The van der Waals surface area contributed by atoms with Gasteiger partial charge in [0.1, 0.15) is 0 Å². The Morgan fingerprint density at radius 1 is 1.27 bits per heavy atom. The summed E-state index contributed by atoms with van der Waals surface area (Å²) in [5, 5.41) is 12.1. The Morgan fingerprint density at radius 2 is 2.08 bits per heavy atom. The zero-order valence-electron chi connectivity index (χ0n) is 13.6. The molecule has 1 N–H and O–H groups in total. The van der Waals surface area contributed by atoms with E-state index in [0.29, 0.717) is 20.7 Å². The maximum absolute atomic E-state index is 13.6. The van der Waals surface area contributed by atoms with Crippen LogP contribution >= 0.6 is 22.9 Å². The molecule has 0 fully saturated rings. The van der Waals surface area contributed by atoms with Crippen molar-refractivity contribution in [2.45, 2.75) is 0 Å². The first-order chi connectivity index (χ1) is 12.6. The Hall–Kier alpha value is -2.77. The summed E-state index contributed by atoms with van der Waals surface area (Å²) in [4.78, 5) is 12.0. The Bertz CT molecular complexity index is 975. The lowest BCUT2D eigenvalue weighted by Gasteiger charge is -2.01. The van der Waals surface area contributed by atoms with Gasteiger partial charge in [0.25, 0.3) is 0 Å². The molecule has 132 valence electrons. The van der Waals surface area contributed by atoms with Crippen LogP contribution in [0.15, 0.2) is 48.5 Å². The monoisotopic (exact) mass is 389 g/mol. The maximum atomic E-state index is 13.6. The molecule has 5 nitrogen and oxygen atoms in total. The second-order valence-corrected chi connectivity index (χ2v) is 6.49. The largest absolute Gasteiger partial charge is 0.494 e. The molecule has 0 spiro atoms. The summed E-state index contributed by atoms with van der Waals surface area (Å²) in [5.74, 6) is -0.751. The SMILES string of the molecule is COc1ccc(/C=C/C(=O)Nc2nnc(-c3ccccc3Cl)s2)cc1F. The van der Waals surface area contributed by atoms with Crippen LogP contribution in [0.25, 0.3) is 16.6 Å². The molecule has 0 unspecified atom stereocenters. The minimum Gasteiger partial charge on any atom is -0.494 e. The first-order valence-corrected chi connectivity index (χ1v) is 8.67. The van der Waals surface area contributed by atoms with E-state index in [1.807, 2.05) is 18.2 Å². The van der Waals surface area contributed by atoms with E-state index in [1.165, 1.54) is 42.7 Å². The molecule has 0 saturated heterocycles. The number of hydrogen-bond donors (Lipinski definition) is 1. The first kappa shape index (κ1) is 18.0. The number of nitrogens with zero attached hydrogens (tertiary/aromatic N) is 2. The van der Waals surface area contributed by atoms with Gasteiger partial charge < -0.3 is 4.74 Å². The normalized spacial score (nSPS) is 10.9. The van der Waals surface area contributed by atoms with Gasteiger partial charge in [0, 0.05) is 11.6 Å². The molecule has 1 aromatic heterocycles. The van der Waals surface area contributed by atoms with Crippen LogP contribution in [0.3, 0.4) is 0 Å². The number of carbonyl (C=O) groups excluding carboxylic acids is 1. The van der Waals surface area contributed by atoms with Crippen molar-refractivity contribution >= 4 is 40.1 Å². The van der Waals surface area contributed by atoms with Crippen molar-refractivity contribution in [1.82, 2.24) is 10.2 Å². The summed E-state index contributed by atoms with van der Waals surface area (Å²) in [7, 11) is 1.39. The van der Waals surface area contributed by atoms with E-state index in [4.69, 9.17) is 16.3 Å². The number of halogens is 2. The van der Waals surface area contributed by atoms with Crippen molar-refractivity contribution in [3.8, 4) is 16.3 Å². The third-order valence-corrected chi connectivity index (χ3v) is 4.56. The van der Waals surface area contributed by atoms with Crippen molar-refractivity contribution < 1.29 is 13.9 Å². The van der Waals surface area contributed by atoms with E-state index in [1.54, 1.807) is 12.1 Å². The average molecular weight is 390 g/mol. The van der Waals surface area contributed by atoms with E-state index >= 15 is 0 Å². The summed E-state index contributed by atoms with van der Waals surface area (Å²) in [6.45, 7) is 0. The van der Waals surface area contributed by atoms with Crippen molar-refractivity contribution in [2.75, 3.05) is 12.4 Å². The highest BCUT2D eigenvalue weighted by atomic mass is 35.5. The lowest BCUT2D eigenvalue weighted by atomic mass is 10.2. The van der Waals surface area contributed by atoms with Crippen LogP contribution in [0.2, 0.25) is 5.02 Å². The predicted molar refractivity (Wildman–Crippen MR) is 101 cm³/mol. The lowest BCUT2D eigenvalue weighted by molar-refractivity contribution is -0.111. The summed E-state index contributed by atoms with van der Waals surface area (Å²) in [5.41, 5.74) is 1.28. The van der Waals surface area contributed by atoms with Crippen LogP contribution in [-0.2, 0) is 4.79 Å². The molecule has 0 bridgehead atoms. The Kier molecular flexibility index (Phi) is 5.60. The zero-order chi connectivity index (χ0) is 18.5. The summed E-state index contributed by atoms with van der Waals surface area (Å²) < 4.78 is 18.5. The van der Waals surface area contributed by atoms with Gasteiger partial charge in [0.15, 0.2) is 16.6 Å². The van der Waals surface area contributed by atoms with Crippen molar-refractivity contribution in [3.05, 3.63) is 64.9 Å². The fourth-order valence-corrected chi connectivity index (χ4v) is 3.19. The second-order valence-electron chi connectivity index (χ2n) is 5.11. The number of methoxy groups -OCH3 is 1. The predicted octanol–water partition coefficient (Wildman–Crippen LogP) is 4.66. The molecule has 0 radical (unpaired) electrons. The number of amides is 1. The number of anilines is 1. The average Bonchev–Trinajstić information content (AvgIpc) is 3.08. The van der Waals surface area contributed by atoms with Gasteiger partial charge in [-0.05, 0) is 29.8 Å². The van der Waals surface area contributed by atoms with Crippen LogP contribution in [-0.4, -0.2) is 23.2 Å². The smallest absolute Gasteiger partial charge is 0.250 e. The molecule has 0 aliphatic rings. The molecular weight excluding hydrogens is 377 g/mol. The molecule has 0 aliphatic heterocycles. The highest BCUT2D eigenvalue weighted by Crippen LogP contribution is 2.31. The van der Waals surface area contributed by atoms with E-state index in [9.17, 15) is 9.18 Å². The topological polar surface area (TPSA) is 64.1 Å². The van der Waals surface area contributed by atoms with Gasteiger partial charge in [0.2, 0.25) is 11.0 Å². The molecule has 26 heavy (non-hydrogen) atoms. The Morgan fingerprint density at radius 3 is 2.81 bits per heavy atom. The van der Waals surface area contributed by atoms with E-state index < -0.39 is 11.7 Å². The third-order valence-electron chi connectivity index (χ3n) is 3.36. The fraction of sp³-hybridized carbons (Fsp3) is 0.0556. The molecule has 1 heterocycles. The molecule has 8 heteroatoms. The molecule has 1 amide bonds. The van der Waals surface area contributed by atoms with Crippen LogP contribution < -0.4 is 10.1 Å². The molecule has 0 aliphatic carbocycles. The number of hydrogen-bond acceptors (Lipinski definition) is 5. The third kappa shape index (κ3) is 4.25. The van der Waals surface area contributed by atoms with E-state index in [0.717, 1.165) is 5.56 Å². The number of rotatable bonds is 5. The number of benzene rings is 2. The molecule has 2 aromatic carbocycles. The Balaban J connectivity index is 1.67. The van der Waals surface area contributed by atoms with Gasteiger partial charge >= 0.3 is 0 Å². The highest BCUT2D eigenvalue weighted by Gasteiger charge is 2.10. The number of ether oxygens (including phenoxy) is 1. The summed E-state index contributed by atoms with van der Waals surface area (Å²) in [6.07, 6.45) is 2.78. The van der Waals surface area contributed by atoms with E-state index in [-0.39, 0.29) is 5.75 Å². The lowest BCUT2D eigenvalue weighted by Crippen LogP contribution is -2.07. The van der Waals surface area contributed by atoms with Crippen LogP contribution in [0.4, 0.5) is 9.52 Å². The van der Waals surface area contributed by atoms with Gasteiger partial charge in [-0.1, -0.05) is 47.2 Å². The van der Waals surface area contributed by atoms with Crippen LogP contribution in [0.5, 0.6) is 5.75 Å². The quantitative estimate of drug-likeness (QED) is 0.645. The fourth-order valence-electron chi connectivity index (χ4n) is 2.12. The maximum Gasteiger partial charge on any atom is 0.250 e. The molecular formula is C18H13ClFN3O2S. The molecule has 3 aromatic rings. The molecule has 3 rings (SSSR count). The van der Waals surface area contributed by atoms with Crippen molar-refractivity contribution in [1.29, 1.82) is 0 Å². The minimum absolute atomic E-state index is 0.146. The summed E-state index contributed by atoms with van der Waals surface area (Å²) >= 11 is 7.33. The second kappa shape index (κ2) is 8.07. The molecule has 0 saturated carbocycles. The minimum atomic E-state index is -0.497. The zero-order valence-corrected chi connectivity index (χ0v) is 15.1. The van der Waals surface area contributed by atoms with Crippen LogP contribution in [0, 0.1) is 5.82 Å². The summed E-state index contributed by atoms with van der Waals surface area (Å²) in [6, 6.07) is 11.7. The van der Waals surface area contributed by atoms with Gasteiger partial charge in [0.05, 0.1) is 12.1 Å². The number of aromatic nitrogens is 2. The van der Waals surface area contributed by atoms with Gasteiger partial charge in [-0.2, -0.15) is 0 Å². The van der Waals surface area contributed by atoms with Crippen LogP contribution in [0.1, 0.15) is 5.56 Å². The van der Waals surface area contributed by atoms with Gasteiger partial charge in [-0.3, -0.25) is 10.1 Å². The van der Waals surface area contributed by atoms with Gasteiger partial charge in [-0.15, -0.1) is 10.2 Å². The van der Waals surface area contributed by atoms with Gasteiger partial charge in [-0.25, -0.2) is 4.39 Å². The highest BCUT2D eigenvalue weighted by molar-refractivity contribution is 7.18. The van der Waals surface area contributed by atoms with Crippen molar-refractivity contribution in [3.63, 3.8) is 0 Å².